The highest BCUT2D eigenvalue weighted by Gasteiger charge is 2.14. The molecule has 0 atom stereocenters. The molecule has 10 heavy (non-hydrogen) atoms. The van der Waals surface area contributed by atoms with Crippen molar-refractivity contribution < 1.29 is 0 Å². The molecule has 0 radical (unpaired) electrons. The van der Waals surface area contributed by atoms with Crippen molar-refractivity contribution in [2.24, 2.45) is 0 Å². The first-order chi connectivity index (χ1) is 4.56. The maximum absolute atomic E-state index is 5.84. The molecule has 0 amide bonds. The second-order valence-corrected chi connectivity index (χ2v) is 7.72. The van der Waals surface area contributed by atoms with Crippen molar-refractivity contribution in [3.63, 3.8) is 0 Å². The van der Waals surface area contributed by atoms with Crippen LogP contribution in [0.1, 0.15) is 39.0 Å². The van der Waals surface area contributed by atoms with Gasteiger partial charge < -0.3 is 0 Å². The van der Waals surface area contributed by atoms with Crippen LogP contribution in [0.25, 0.3) is 0 Å². The number of rotatable bonds is 5. The van der Waals surface area contributed by atoms with Crippen LogP contribution in [0.15, 0.2) is 0 Å². The summed E-state index contributed by atoms with van der Waals surface area (Å²) in [5.41, 5.74) is 0. The smallest absolute Gasteiger partial charge is 0.0972 e. The Labute approximate surface area is 76.7 Å². The molecule has 0 nitrogen and oxygen atoms in total. The zero-order valence-electron chi connectivity index (χ0n) is 6.79. The summed E-state index contributed by atoms with van der Waals surface area (Å²) in [4.78, 5) is 0. The molecular formula is C7H16Cl2Si. The second-order valence-electron chi connectivity index (χ2n) is 2.88. The van der Waals surface area contributed by atoms with Gasteiger partial charge in [-0.15, -0.1) is 23.2 Å². The minimum atomic E-state index is -0.367. The molecule has 0 fully saturated rings. The van der Waals surface area contributed by atoms with Crippen LogP contribution in [0.2, 0.25) is 0 Å². The molecule has 0 N–H and O–H groups in total. The Morgan fingerprint density at radius 1 is 1.20 bits per heavy atom. The molecule has 0 saturated heterocycles. The molecule has 0 unspecified atom stereocenters. The molecule has 0 aromatic carbocycles. The van der Waals surface area contributed by atoms with Gasteiger partial charge in [0.1, 0.15) is 0 Å². The third-order valence-corrected chi connectivity index (χ3v) is 2.35. The van der Waals surface area contributed by atoms with Gasteiger partial charge >= 0.3 is 0 Å². The lowest BCUT2D eigenvalue weighted by Gasteiger charge is -2.11. The topological polar surface area (TPSA) is 0 Å². The Balaban J connectivity index is 3.04. The molecule has 62 valence electrons. The predicted molar refractivity (Wildman–Crippen MR) is 53.1 cm³/mol. The van der Waals surface area contributed by atoms with Gasteiger partial charge in [0, 0.05) is 10.2 Å². The third kappa shape index (κ3) is 8.80. The summed E-state index contributed by atoms with van der Waals surface area (Å²) in [6.45, 7) is 2.20. The molecule has 0 aromatic rings. The summed E-state index contributed by atoms with van der Waals surface area (Å²) in [5, 5.41) is 0. The standard InChI is InChI=1S/C7H16Cl2Si/c1-2-3-4-5-6-7(8,9)10/h2-6H2,1,10H3. The zero-order valence-corrected chi connectivity index (χ0v) is 10.3. The van der Waals surface area contributed by atoms with Crippen LogP contribution in [0.4, 0.5) is 0 Å². The fraction of sp³-hybridized carbons (Fsp3) is 1.00. The molecule has 0 aromatic heterocycles. The Morgan fingerprint density at radius 2 is 1.80 bits per heavy atom. The molecule has 3 heteroatoms. The van der Waals surface area contributed by atoms with E-state index >= 15 is 0 Å². The lowest BCUT2D eigenvalue weighted by molar-refractivity contribution is 0.639. The Hall–Kier alpha value is 0.797. The maximum Gasteiger partial charge on any atom is 0.0972 e. The molecule has 0 rings (SSSR count). The minimum absolute atomic E-state index is 0.367. The van der Waals surface area contributed by atoms with Gasteiger partial charge in [-0.3, -0.25) is 0 Å². The summed E-state index contributed by atoms with van der Waals surface area (Å²) >= 11 is 11.7. The van der Waals surface area contributed by atoms with Crippen molar-refractivity contribution in [2.75, 3.05) is 0 Å². The van der Waals surface area contributed by atoms with E-state index in [4.69, 9.17) is 23.2 Å². The molecule has 0 saturated carbocycles. The van der Waals surface area contributed by atoms with E-state index in [0.717, 1.165) is 16.7 Å². The zero-order chi connectivity index (χ0) is 8.04. The highest BCUT2D eigenvalue weighted by atomic mass is 35.5. The second kappa shape index (κ2) is 5.45. The quantitative estimate of drug-likeness (QED) is 0.362. The number of hydrogen-bond donors (Lipinski definition) is 0. The van der Waals surface area contributed by atoms with Crippen LogP contribution in [0.5, 0.6) is 0 Å². The van der Waals surface area contributed by atoms with Gasteiger partial charge in [-0.1, -0.05) is 32.6 Å². The number of alkyl halides is 2. The minimum Gasteiger partial charge on any atom is -0.107 e. The van der Waals surface area contributed by atoms with E-state index in [9.17, 15) is 0 Å². The molecule has 0 spiro atoms. The number of hydrogen-bond acceptors (Lipinski definition) is 0. The lowest BCUT2D eigenvalue weighted by Crippen LogP contribution is -2.11. The van der Waals surface area contributed by atoms with Gasteiger partial charge in [-0.2, -0.15) is 0 Å². The summed E-state index contributed by atoms with van der Waals surface area (Å²) in [6.07, 6.45) is 6.02. The Kier molecular flexibility index (Phi) is 5.88. The van der Waals surface area contributed by atoms with E-state index in [-0.39, 0.29) is 3.96 Å². The van der Waals surface area contributed by atoms with Crippen LogP contribution < -0.4 is 0 Å². The molecule has 0 aliphatic rings. The average Bonchev–Trinajstić information content (AvgIpc) is 1.78. The highest BCUT2D eigenvalue weighted by Crippen LogP contribution is 2.23. The first kappa shape index (κ1) is 10.8. The first-order valence-electron chi connectivity index (χ1n) is 3.94. The van der Waals surface area contributed by atoms with Gasteiger partial charge in [0.15, 0.2) is 0 Å². The van der Waals surface area contributed by atoms with Crippen molar-refractivity contribution >= 4 is 33.4 Å². The average molecular weight is 199 g/mol. The van der Waals surface area contributed by atoms with Crippen molar-refractivity contribution in [1.82, 2.24) is 0 Å². The first-order valence-corrected chi connectivity index (χ1v) is 5.69. The fourth-order valence-corrected chi connectivity index (χ4v) is 1.48. The Morgan fingerprint density at radius 3 is 2.20 bits per heavy atom. The summed E-state index contributed by atoms with van der Waals surface area (Å²) in [6, 6.07) is 0. The summed E-state index contributed by atoms with van der Waals surface area (Å²) in [5.74, 6) is 0. The van der Waals surface area contributed by atoms with E-state index in [0.29, 0.717) is 0 Å². The predicted octanol–water partition coefficient (Wildman–Crippen LogP) is 2.45. The van der Waals surface area contributed by atoms with Gasteiger partial charge in [-0.05, 0) is 6.42 Å². The SMILES string of the molecule is CCCCCCC([SiH3])(Cl)Cl. The lowest BCUT2D eigenvalue weighted by atomic mass is 10.2. The highest BCUT2D eigenvalue weighted by molar-refractivity contribution is 6.65. The molecule has 0 bridgehead atoms. The van der Waals surface area contributed by atoms with Crippen LogP contribution in [-0.2, 0) is 0 Å². The largest absolute Gasteiger partial charge is 0.107 e. The Bertz CT molecular complexity index is 78.2. The van der Waals surface area contributed by atoms with E-state index in [1.165, 1.54) is 25.7 Å². The van der Waals surface area contributed by atoms with Crippen molar-refractivity contribution in [1.29, 1.82) is 0 Å². The molecular weight excluding hydrogens is 183 g/mol. The van der Waals surface area contributed by atoms with Crippen LogP contribution in [0.3, 0.4) is 0 Å². The normalized spacial score (nSPS) is 12.3. The van der Waals surface area contributed by atoms with E-state index in [1.807, 2.05) is 0 Å². The van der Waals surface area contributed by atoms with Crippen LogP contribution >= 0.6 is 23.2 Å². The van der Waals surface area contributed by atoms with Gasteiger partial charge in [-0.25, -0.2) is 0 Å². The third-order valence-electron chi connectivity index (χ3n) is 1.47. The van der Waals surface area contributed by atoms with Gasteiger partial charge in [0.05, 0.1) is 3.96 Å². The molecule has 0 aliphatic heterocycles. The summed E-state index contributed by atoms with van der Waals surface area (Å²) < 4.78 is -0.367. The van der Waals surface area contributed by atoms with Gasteiger partial charge in [0.2, 0.25) is 0 Å². The number of unbranched alkanes of at least 4 members (excludes halogenated alkanes) is 3. The van der Waals surface area contributed by atoms with Crippen LogP contribution in [-0.4, -0.2) is 14.2 Å². The molecule has 0 heterocycles. The number of halogens is 2. The maximum atomic E-state index is 5.84. The summed E-state index contributed by atoms with van der Waals surface area (Å²) in [7, 11) is 0.877. The van der Waals surface area contributed by atoms with Crippen molar-refractivity contribution in [3.05, 3.63) is 0 Å². The van der Waals surface area contributed by atoms with E-state index in [1.54, 1.807) is 0 Å². The monoisotopic (exact) mass is 198 g/mol. The van der Waals surface area contributed by atoms with Gasteiger partial charge in [0.25, 0.3) is 0 Å². The van der Waals surface area contributed by atoms with E-state index in [2.05, 4.69) is 6.92 Å². The molecule has 0 aliphatic carbocycles. The van der Waals surface area contributed by atoms with Crippen molar-refractivity contribution in [3.8, 4) is 0 Å². The van der Waals surface area contributed by atoms with Crippen LogP contribution in [0, 0.1) is 0 Å². The van der Waals surface area contributed by atoms with Crippen molar-refractivity contribution in [2.45, 2.75) is 43.0 Å². The van der Waals surface area contributed by atoms with E-state index < -0.39 is 0 Å². The fourth-order valence-electron chi connectivity index (χ4n) is 0.862.